The summed E-state index contributed by atoms with van der Waals surface area (Å²) in [6.45, 7) is 4.56. The Morgan fingerprint density at radius 3 is 2.90 bits per heavy atom. The summed E-state index contributed by atoms with van der Waals surface area (Å²) in [6, 6.07) is 5.52. The number of rotatable bonds is 3. The number of carbonyl (C=O) groups excluding carboxylic acids is 1. The van der Waals surface area contributed by atoms with Crippen molar-refractivity contribution in [1.82, 2.24) is 15.2 Å². The Balaban J connectivity index is 1.72. The monoisotopic (exact) mass is 287 g/mol. The van der Waals surface area contributed by atoms with Crippen molar-refractivity contribution in [2.45, 2.75) is 19.8 Å². The van der Waals surface area contributed by atoms with Crippen LogP contribution in [0.1, 0.15) is 29.1 Å². The maximum Gasteiger partial charge on any atom is 0.289 e. The SMILES string of the molecule is CNCC1CCN(C(=O)c2cc3nc(C)ccc3o2)CC1. The predicted molar refractivity (Wildman–Crippen MR) is 81.3 cm³/mol. The molecule has 1 aliphatic heterocycles. The molecule has 1 amide bonds. The number of likely N-dealkylation sites (tertiary alicyclic amines) is 1. The first-order valence-corrected chi connectivity index (χ1v) is 7.48. The molecular formula is C16H21N3O2. The second kappa shape index (κ2) is 5.85. The Bertz CT molecular complexity index is 642. The molecule has 0 saturated carbocycles. The second-order valence-electron chi connectivity index (χ2n) is 5.74. The van der Waals surface area contributed by atoms with Crippen molar-refractivity contribution in [3.05, 3.63) is 29.7 Å². The summed E-state index contributed by atoms with van der Waals surface area (Å²) < 4.78 is 5.65. The molecule has 5 nitrogen and oxygen atoms in total. The van der Waals surface area contributed by atoms with Gasteiger partial charge in [-0.15, -0.1) is 0 Å². The quantitative estimate of drug-likeness (QED) is 0.940. The number of carbonyl (C=O) groups is 1. The van der Waals surface area contributed by atoms with Gasteiger partial charge in [-0.05, 0) is 51.4 Å². The molecule has 3 rings (SSSR count). The Hall–Kier alpha value is -1.88. The van der Waals surface area contributed by atoms with Crippen LogP contribution in [0.3, 0.4) is 0 Å². The number of aryl methyl sites for hydroxylation is 1. The number of pyridine rings is 1. The molecule has 0 radical (unpaired) electrons. The molecule has 1 saturated heterocycles. The van der Waals surface area contributed by atoms with Gasteiger partial charge in [-0.25, -0.2) is 4.98 Å². The Morgan fingerprint density at radius 2 is 2.19 bits per heavy atom. The van der Waals surface area contributed by atoms with Gasteiger partial charge >= 0.3 is 0 Å². The van der Waals surface area contributed by atoms with E-state index in [0.717, 1.165) is 43.7 Å². The van der Waals surface area contributed by atoms with E-state index in [1.807, 2.05) is 31.0 Å². The van der Waals surface area contributed by atoms with Crippen LogP contribution in [0.25, 0.3) is 11.1 Å². The predicted octanol–water partition coefficient (Wildman–Crippen LogP) is 2.21. The van der Waals surface area contributed by atoms with Crippen LogP contribution in [0.4, 0.5) is 0 Å². The fourth-order valence-electron chi connectivity index (χ4n) is 2.92. The summed E-state index contributed by atoms with van der Waals surface area (Å²) in [6.07, 6.45) is 2.09. The zero-order chi connectivity index (χ0) is 14.8. The largest absolute Gasteiger partial charge is 0.449 e. The minimum absolute atomic E-state index is 0.0199. The third kappa shape index (κ3) is 2.93. The molecule has 1 N–H and O–H groups in total. The fourth-order valence-corrected chi connectivity index (χ4v) is 2.92. The van der Waals surface area contributed by atoms with Gasteiger partial charge in [-0.3, -0.25) is 4.79 Å². The summed E-state index contributed by atoms with van der Waals surface area (Å²) in [4.78, 5) is 18.8. The first-order chi connectivity index (χ1) is 10.2. The van der Waals surface area contributed by atoms with Gasteiger partial charge in [0.1, 0.15) is 5.52 Å². The van der Waals surface area contributed by atoms with Gasteiger partial charge in [0, 0.05) is 24.8 Å². The highest BCUT2D eigenvalue weighted by Crippen LogP contribution is 2.22. The van der Waals surface area contributed by atoms with Gasteiger partial charge in [0.15, 0.2) is 11.3 Å². The average molecular weight is 287 g/mol. The number of piperidine rings is 1. The molecule has 2 aromatic heterocycles. The van der Waals surface area contributed by atoms with E-state index in [1.165, 1.54) is 0 Å². The molecule has 112 valence electrons. The number of nitrogens with zero attached hydrogens (tertiary/aromatic N) is 2. The summed E-state index contributed by atoms with van der Waals surface area (Å²) in [7, 11) is 1.97. The molecule has 0 atom stereocenters. The Morgan fingerprint density at radius 1 is 1.43 bits per heavy atom. The fraction of sp³-hybridized carbons (Fsp3) is 0.500. The first kappa shape index (κ1) is 14.1. The molecule has 2 aromatic rings. The number of hydrogen-bond donors (Lipinski definition) is 1. The van der Waals surface area contributed by atoms with Gasteiger partial charge in [0.05, 0.1) is 0 Å². The number of fused-ring (bicyclic) bond motifs is 1. The molecule has 0 bridgehead atoms. The van der Waals surface area contributed by atoms with E-state index in [0.29, 0.717) is 17.3 Å². The molecule has 1 fully saturated rings. The average Bonchev–Trinajstić information content (AvgIpc) is 2.90. The number of amides is 1. The number of aromatic nitrogens is 1. The summed E-state index contributed by atoms with van der Waals surface area (Å²) >= 11 is 0. The topological polar surface area (TPSA) is 58.4 Å². The van der Waals surface area contributed by atoms with Gasteiger partial charge in [-0.2, -0.15) is 0 Å². The maximum atomic E-state index is 12.5. The van der Waals surface area contributed by atoms with Gasteiger partial charge in [0.25, 0.3) is 5.91 Å². The zero-order valence-corrected chi connectivity index (χ0v) is 12.6. The van der Waals surface area contributed by atoms with Crippen molar-refractivity contribution in [2.75, 3.05) is 26.7 Å². The standard InChI is InChI=1S/C16H21N3O2/c1-11-3-4-14-13(18-11)9-15(21-14)16(20)19-7-5-12(6-8-19)10-17-2/h3-4,9,12,17H,5-8,10H2,1-2H3. The van der Waals surface area contributed by atoms with E-state index >= 15 is 0 Å². The second-order valence-corrected chi connectivity index (χ2v) is 5.74. The van der Waals surface area contributed by atoms with Crippen LogP contribution < -0.4 is 5.32 Å². The lowest BCUT2D eigenvalue weighted by molar-refractivity contribution is 0.0661. The lowest BCUT2D eigenvalue weighted by atomic mass is 9.97. The molecule has 0 unspecified atom stereocenters. The van der Waals surface area contributed by atoms with Crippen molar-refractivity contribution in [3.8, 4) is 0 Å². The summed E-state index contributed by atoms with van der Waals surface area (Å²) in [5, 5.41) is 3.21. The third-order valence-corrected chi connectivity index (χ3v) is 4.12. The van der Waals surface area contributed by atoms with E-state index in [2.05, 4.69) is 10.3 Å². The van der Waals surface area contributed by atoms with Crippen LogP contribution in [0, 0.1) is 12.8 Å². The van der Waals surface area contributed by atoms with Gasteiger partial charge in [0.2, 0.25) is 0 Å². The number of nitrogens with one attached hydrogen (secondary N) is 1. The summed E-state index contributed by atoms with van der Waals surface area (Å²) in [5.74, 6) is 1.04. The van der Waals surface area contributed by atoms with E-state index < -0.39 is 0 Å². The summed E-state index contributed by atoms with van der Waals surface area (Å²) in [5.41, 5.74) is 2.35. The van der Waals surface area contributed by atoms with E-state index in [-0.39, 0.29) is 5.91 Å². The van der Waals surface area contributed by atoms with Crippen molar-refractivity contribution >= 4 is 17.0 Å². The van der Waals surface area contributed by atoms with Crippen molar-refractivity contribution < 1.29 is 9.21 Å². The minimum Gasteiger partial charge on any atom is -0.449 e. The molecule has 5 heteroatoms. The number of hydrogen-bond acceptors (Lipinski definition) is 4. The van der Waals surface area contributed by atoms with Crippen LogP contribution in [-0.4, -0.2) is 42.5 Å². The van der Waals surface area contributed by atoms with Crippen molar-refractivity contribution in [1.29, 1.82) is 0 Å². The third-order valence-electron chi connectivity index (χ3n) is 4.12. The van der Waals surface area contributed by atoms with Crippen molar-refractivity contribution in [2.24, 2.45) is 5.92 Å². The zero-order valence-electron chi connectivity index (χ0n) is 12.6. The molecule has 21 heavy (non-hydrogen) atoms. The maximum absolute atomic E-state index is 12.5. The lowest BCUT2D eigenvalue weighted by Gasteiger charge is -2.31. The smallest absolute Gasteiger partial charge is 0.289 e. The van der Waals surface area contributed by atoms with Crippen LogP contribution in [-0.2, 0) is 0 Å². The highest BCUT2D eigenvalue weighted by molar-refractivity contribution is 5.95. The van der Waals surface area contributed by atoms with E-state index in [4.69, 9.17) is 4.42 Å². The molecule has 1 aliphatic rings. The van der Waals surface area contributed by atoms with E-state index in [1.54, 1.807) is 6.07 Å². The molecule has 0 aromatic carbocycles. The molecule has 0 spiro atoms. The molecular weight excluding hydrogens is 266 g/mol. The van der Waals surface area contributed by atoms with Crippen molar-refractivity contribution in [3.63, 3.8) is 0 Å². The minimum atomic E-state index is -0.0199. The lowest BCUT2D eigenvalue weighted by Crippen LogP contribution is -2.40. The molecule has 3 heterocycles. The van der Waals surface area contributed by atoms with Crippen LogP contribution in [0.5, 0.6) is 0 Å². The van der Waals surface area contributed by atoms with Gasteiger partial charge < -0.3 is 14.6 Å². The van der Waals surface area contributed by atoms with Crippen LogP contribution >= 0.6 is 0 Å². The van der Waals surface area contributed by atoms with Gasteiger partial charge in [-0.1, -0.05) is 0 Å². The number of furan rings is 1. The first-order valence-electron chi connectivity index (χ1n) is 7.48. The van der Waals surface area contributed by atoms with Crippen LogP contribution in [0.15, 0.2) is 22.6 Å². The molecule has 0 aliphatic carbocycles. The highest BCUT2D eigenvalue weighted by atomic mass is 16.3. The Labute approximate surface area is 124 Å². The van der Waals surface area contributed by atoms with Crippen LogP contribution in [0.2, 0.25) is 0 Å². The normalized spacial score (nSPS) is 16.6. The highest BCUT2D eigenvalue weighted by Gasteiger charge is 2.25. The van der Waals surface area contributed by atoms with E-state index in [9.17, 15) is 4.79 Å². The Kier molecular flexibility index (Phi) is 3.92.